The molecule has 1 saturated heterocycles. The summed E-state index contributed by atoms with van der Waals surface area (Å²) in [5.74, 6) is -1.02. The van der Waals surface area contributed by atoms with E-state index in [1.165, 1.54) is 4.57 Å². The van der Waals surface area contributed by atoms with Crippen molar-refractivity contribution in [2.45, 2.75) is 184 Å². The minimum atomic E-state index is -0.955. The molecule has 100 heavy (non-hydrogen) atoms. The minimum Gasteiger partial charge on any atom is -0.491 e. The van der Waals surface area contributed by atoms with E-state index in [2.05, 4.69) is 16.0 Å². The number of nitrogens with one attached hydrogen (secondary N) is 3. The SMILES string of the molecule is Cc1cn(Cc2c(Cl)cccc2OCCOC(C)(C)C)c(=O)c(NC(=O)N[C@@H](CC(=O)OC(C)(C)C)c2cccc(OCCOC(C)(C)C)c2)c1OCCOCCOCCNC(=O)CN1CCN(CC(=O)OC(C)(C)C)CCN(CC(=O)OC(C)(C)C)CCN(CC(=O)OC(C)(C)C)CC1. The van der Waals surface area contributed by atoms with Crippen molar-refractivity contribution in [2.24, 2.45) is 0 Å². The fraction of sp³-hybridized carbons (Fsp3) is 0.685. The summed E-state index contributed by atoms with van der Waals surface area (Å²) < 4.78 is 66.0. The molecule has 1 aromatic heterocycles. The monoisotopic (exact) mass is 1430 g/mol. The van der Waals surface area contributed by atoms with Crippen LogP contribution in [0.2, 0.25) is 5.02 Å². The molecule has 0 radical (unpaired) electrons. The van der Waals surface area contributed by atoms with Gasteiger partial charge in [-0.25, -0.2) is 4.79 Å². The van der Waals surface area contributed by atoms with Gasteiger partial charge in [0.1, 0.15) is 53.7 Å². The molecule has 1 fully saturated rings. The van der Waals surface area contributed by atoms with Crippen molar-refractivity contribution in [3.63, 3.8) is 0 Å². The number of hydrogen-bond acceptors (Lipinski definition) is 22. The molecule has 3 amide bonds. The number of urea groups is 1. The molecule has 0 bridgehead atoms. The van der Waals surface area contributed by atoms with Crippen LogP contribution in [0.15, 0.2) is 53.5 Å². The van der Waals surface area contributed by atoms with Crippen molar-refractivity contribution in [1.82, 2.24) is 34.8 Å². The fourth-order valence-corrected chi connectivity index (χ4v) is 10.3. The van der Waals surface area contributed by atoms with E-state index in [1.807, 2.05) is 123 Å². The molecule has 1 aliphatic heterocycles. The van der Waals surface area contributed by atoms with Gasteiger partial charge >= 0.3 is 29.9 Å². The van der Waals surface area contributed by atoms with Gasteiger partial charge in [-0.15, -0.1) is 0 Å². The number of amides is 3. The molecule has 27 heteroatoms. The number of hydrogen-bond donors (Lipinski definition) is 3. The summed E-state index contributed by atoms with van der Waals surface area (Å²) in [5, 5.41) is 8.94. The van der Waals surface area contributed by atoms with E-state index in [9.17, 15) is 33.6 Å². The van der Waals surface area contributed by atoms with Gasteiger partial charge in [0, 0.05) is 81.2 Å². The molecule has 26 nitrogen and oxygen atoms in total. The average molecular weight is 1430 g/mol. The second kappa shape index (κ2) is 40.3. The van der Waals surface area contributed by atoms with Crippen molar-refractivity contribution >= 4 is 53.1 Å². The van der Waals surface area contributed by atoms with Gasteiger partial charge in [-0.2, -0.15) is 0 Å². The molecule has 1 atom stereocenters. The smallest absolute Gasteiger partial charge is 0.320 e. The van der Waals surface area contributed by atoms with E-state index in [-0.39, 0.29) is 126 Å². The lowest BCUT2D eigenvalue weighted by molar-refractivity contribution is -0.158. The molecule has 0 unspecified atom stereocenters. The van der Waals surface area contributed by atoms with Gasteiger partial charge in [0.15, 0.2) is 11.4 Å². The number of anilines is 1. The summed E-state index contributed by atoms with van der Waals surface area (Å²) in [6.45, 7) is 39.9. The van der Waals surface area contributed by atoms with Crippen LogP contribution >= 0.6 is 11.6 Å². The van der Waals surface area contributed by atoms with E-state index >= 15 is 0 Å². The Hall–Kier alpha value is -6.62. The highest BCUT2D eigenvalue weighted by Gasteiger charge is 2.29. The van der Waals surface area contributed by atoms with Crippen molar-refractivity contribution < 1.29 is 80.9 Å². The van der Waals surface area contributed by atoms with Gasteiger partial charge in [-0.05, 0) is 161 Å². The number of benzene rings is 2. The molecule has 0 aliphatic carbocycles. The lowest BCUT2D eigenvalue weighted by atomic mass is 10.0. The average Bonchev–Trinajstić information content (AvgIpc) is 0.788. The highest BCUT2D eigenvalue weighted by Crippen LogP contribution is 2.31. The number of nitrogens with zero attached hydrogens (tertiary/aromatic N) is 5. The Labute approximate surface area is 598 Å². The van der Waals surface area contributed by atoms with E-state index in [0.717, 1.165) is 0 Å². The van der Waals surface area contributed by atoms with Crippen molar-refractivity contribution in [3.05, 3.63) is 80.7 Å². The summed E-state index contributed by atoms with van der Waals surface area (Å²) >= 11 is 6.81. The molecule has 0 spiro atoms. The summed E-state index contributed by atoms with van der Waals surface area (Å²) in [7, 11) is 0. The van der Waals surface area contributed by atoms with E-state index in [1.54, 1.807) is 76.4 Å². The molecule has 4 rings (SSSR count). The number of halogens is 1. The second-order valence-electron chi connectivity index (χ2n) is 30.6. The van der Waals surface area contributed by atoms with Gasteiger partial charge in [-0.3, -0.25) is 48.4 Å². The number of rotatable bonds is 33. The summed E-state index contributed by atoms with van der Waals surface area (Å²) in [6, 6.07) is 10.4. The van der Waals surface area contributed by atoms with Crippen LogP contribution in [0.5, 0.6) is 17.2 Å². The van der Waals surface area contributed by atoms with Gasteiger partial charge in [0.2, 0.25) is 5.91 Å². The molecular formula is C73H117ClN8O18. The number of ether oxygens (including phenoxy) is 11. The second-order valence-corrected chi connectivity index (χ2v) is 31.0. The molecular weight excluding hydrogens is 1310 g/mol. The molecule has 3 N–H and O–H groups in total. The maximum Gasteiger partial charge on any atom is 0.320 e. The van der Waals surface area contributed by atoms with Gasteiger partial charge in [0.05, 0.1) is 96.0 Å². The summed E-state index contributed by atoms with van der Waals surface area (Å²) in [6.07, 6.45) is 1.33. The lowest BCUT2D eigenvalue weighted by Gasteiger charge is -2.34. The largest absolute Gasteiger partial charge is 0.491 e. The van der Waals surface area contributed by atoms with Crippen LogP contribution in [0, 0.1) is 6.92 Å². The first-order chi connectivity index (χ1) is 46.5. The first-order valence-electron chi connectivity index (χ1n) is 34.5. The third kappa shape index (κ3) is 36.8. The zero-order valence-electron chi connectivity index (χ0n) is 63.1. The Morgan fingerprint density at radius 2 is 0.950 bits per heavy atom. The topological polar surface area (TPSA) is 275 Å². The maximum absolute atomic E-state index is 14.8. The minimum absolute atomic E-state index is 0.00524. The highest BCUT2D eigenvalue weighted by atomic mass is 35.5. The van der Waals surface area contributed by atoms with Crippen molar-refractivity contribution in [2.75, 3.05) is 150 Å². The number of esters is 4. The van der Waals surface area contributed by atoms with E-state index in [4.69, 9.17) is 63.7 Å². The van der Waals surface area contributed by atoms with E-state index < -0.39 is 57.9 Å². The van der Waals surface area contributed by atoms with Crippen molar-refractivity contribution in [1.29, 1.82) is 0 Å². The first kappa shape index (κ1) is 85.8. The third-order valence-electron chi connectivity index (χ3n) is 14.2. The Bertz CT molecular complexity index is 3090. The number of pyridine rings is 1. The van der Waals surface area contributed by atoms with Crippen LogP contribution in [0.4, 0.5) is 10.5 Å². The Morgan fingerprint density at radius 3 is 1.44 bits per heavy atom. The lowest BCUT2D eigenvalue weighted by Crippen LogP contribution is -2.50. The Balaban J connectivity index is 1.46. The fourth-order valence-electron chi connectivity index (χ4n) is 10.1. The highest BCUT2D eigenvalue weighted by molar-refractivity contribution is 6.31. The van der Waals surface area contributed by atoms with Gasteiger partial charge in [-0.1, -0.05) is 29.8 Å². The molecule has 564 valence electrons. The first-order valence-corrected chi connectivity index (χ1v) is 34.9. The quantitative estimate of drug-likeness (QED) is 0.0292. The van der Waals surface area contributed by atoms with Crippen LogP contribution in [0.25, 0.3) is 0 Å². The van der Waals surface area contributed by atoms with Gasteiger partial charge < -0.3 is 72.6 Å². The summed E-state index contributed by atoms with van der Waals surface area (Å²) in [5.41, 5.74) is -2.98. The molecule has 2 heterocycles. The van der Waals surface area contributed by atoms with E-state index in [0.29, 0.717) is 98.8 Å². The Kier molecular flexibility index (Phi) is 34.6. The number of aromatic nitrogens is 1. The third-order valence-corrected chi connectivity index (χ3v) is 14.6. The zero-order chi connectivity index (χ0) is 74.7. The maximum atomic E-state index is 14.8. The predicted octanol–water partition coefficient (Wildman–Crippen LogP) is 8.62. The van der Waals surface area contributed by atoms with Crippen LogP contribution in [0.3, 0.4) is 0 Å². The number of carbonyl (C=O) groups is 6. The standard InChI is InChI=1S/C73H117ClN8O18/c1-52-46-82(47-55-56(74)24-21-25-58(55)93-41-43-96-69(5,6)7)66(88)64(77-67(89)76-57(45-60(84)97-70(8,9)10)53-22-20-23-54(44-53)92-40-42-95-68(2,3)4)65(52)94-39-38-91-37-36-90-35-26-75-59(83)48-78-27-29-79(49-61(85)98-71(11,12)13)31-33-81(51-63(87)100-73(17,18)19)34-32-80(30-28-78)50-62(86)99-72(14,15)16/h20-25,44,46,57H,26-43,45,47-51H2,1-19H3,(H,75,83)(H2,76,77,89)/t57-/m0/s1. The number of aryl methyl sites for hydroxylation is 1. The van der Waals surface area contributed by atoms with Crippen LogP contribution < -0.4 is 35.7 Å². The number of carbonyl (C=O) groups excluding carboxylic acids is 6. The summed E-state index contributed by atoms with van der Waals surface area (Å²) in [4.78, 5) is 104. The Morgan fingerprint density at radius 1 is 0.510 bits per heavy atom. The van der Waals surface area contributed by atoms with Crippen molar-refractivity contribution in [3.8, 4) is 17.2 Å². The van der Waals surface area contributed by atoms with Gasteiger partial charge in [0.25, 0.3) is 5.56 Å². The van der Waals surface area contributed by atoms with Crippen LogP contribution in [0.1, 0.15) is 154 Å². The molecule has 3 aromatic rings. The van der Waals surface area contributed by atoms with Crippen LogP contribution in [-0.2, 0) is 68.4 Å². The zero-order valence-corrected chi connectivity index (χ0v) is 63.9. The normalized spacial score (nSPS) is 15.0. The predicted molar refractivity (Wildman–Crippen MR) is 384 cm³/mol. The molecule has 2 aromatic carbocycles. The molecule has 0 saturated carbocycles. The molecule has 1 aliphatic rings. The van der Waals surface area contributed by atoms with Crippen LogP contribution in [-0.4, -0.2) is 238 Å².